The fraction of sp³-hybridized carbons (Fsp3) is 0. The molecule has 0 atom stereocenters. The van der Waals surface area contributed by atoms with Crippen LogP contribution in [-0.2, 0) is 4.79 Å². The number of hydrogen-bond acceptors (Lipinski definition) is 1. The zero-order valence-corrected chi connectivity index (χ0v) is 6.58. The third-order valence-corrected chi connectivity index (χ3v) is 1.49. The Morgan fingerprint density at radius 2 is 1.91 bits per heavy atom. The minimum absolute atomic E-state index is 0. The first-order chi connectivity index (χ1) is 5.33. The Kier molecular flexibility index (Phi) is 2.87. The summed E-state index contributed by atoms with van der Waals surface area (Å²) in [5.74, 6) is 0. The van der Waals surface area contributed by atoms with Crippen LogP contribution in [0.15, 0.2) is 30.3 Å². The first-order valence-corrected chi connectivity index (χ1v) is 3.58. The summed E-state index contributed by atoms with van der Waals surface area (Å²) in [5, 5.41) is 0.702. The van der Waals surface area contributed by atoms with E-state index < -0.39 is 0 Å². The fourth-order valence-corrected chi connectivity index (χ4v) is 0.850. The summed E-state index contributed by atoms with van der Waals surface area (Å²) in [7, 11) is 0. The molecule has 2 heteroatoms. The Labute approximate surface area is 71.8 Å². The van der Waals surface area contributed by atoms with Crippen LogP contribution in [0.5, 0.6) is 0 Å². The minimum Gasteiger partial charge on any atom is -0.299 e. The minimum atomic E-state index is 0. The Bertz CT molecular complexity index is 266. The molecule has 56 valence electrons. The first-order valence-electron chi connectivity index (χ1n) is 3.20. The van der Waals surface area contributed by atoms with Crippen molar-refractivity contribution in [2.45, 2.75) is 0 Å². The molecule has 1 aromatic rings. The van der Waals surface area contributed by atoms with E-state index in [-0.39, 0.29) is 1.43 Å². The molecule has 1 rings (SSSR count). The van der Waals surface area contributed by atoms with E-state index in [4.69, 9.17) is 11.6 Å². The van der Waals surface area contributed by atoms with Crippen LogP contribution in [0.4, 0.5) is 0 Å². The molecule has 1 nitrogen and oxygen atoms in total. The van der Waals surface area contributed by atoms with Crippen molar-refractivity contribution in [2.75, 3.05) is 0 Å². The lowest BCUT2D eigenvalue weighted by molar-refractivity contribution is -0.104. The maximum atomic E-state index is 9.93. The molecule has 0 aliphatic carbocycles. The Hall–Kier alpha value is -1.08. The number of hydrogen-bond donors (Lipinski definition) is 0. The van der Waals surface area contributed by atoms with Gasteiger partial charge in [-0.1, -0.05) is 29.8 Å². The standard InChI is InChI=1S/C9H7ClO/c10-9-5-3-8(4-6-9)2-1-7-11/h1-7H/p+1/b2-1+. The zero-order valence-electron chi connectivity index (χ0n) is 6.83. The van der Waals surface area contributed by atoms with E-state index in [1.54, 1.807) is 18.2 Å². The molecule has 0 N–H and O–H groups in total. The van der Waals surface area contributed by atoms with Gasteiger partial charge in [-0.25, -0.2) is 0 Å². The Morgan fingerprint density at radius 1 is 1.27 bits per heavy atom. The van der Waals surface area contributed by atoms with Crippen molar-refractivity contribution in [3.63, 3.8) is 0 Å². The summed E-state index contributed by atoms with van der Waals surface area (Å²) in [6.45, 7) is 0. The number of rotatable bonds is 2. The van der Waals surface area contributed by atoms with Gasteiger partial charge in [0.1, 0.15) is 6.29 Å². The second-order valence-electron chi connectivity index (χ2n) is 2.05. The summed E-state index contributed by atoms with van der Waals surface area (Å²) < 4.78 is 0. The molecule has 0 spiro atoms. The number of aldehydes is 1. The number of carbonyl (C=O) groups excluding carboxylic acids is 1. The molecule has 0 amide bonds. The molecule has 0 saturated carbocycles. The van der Waals surface area contributed by atoms with Crippen molar-refractivity contribution in [2.24, 2.45) is 0 Å². The van der Waals surface area contributed by atoms with Crippen molar-refractivity contribution in [1.82, 2.24) is 0 Å². The summed E-state index contributed by atoms with van der Waals surface area (Å²) >= 11 is 5.65. The zero-order chi connectivity index (χ0) is 8.10. The maximum Gasteiger partial charge on any atom is 1.00 e. The molecule has 0 unspecified atom stereocenters. The molecule has 0 saturated heterocycles. The van der Waals surface area contributed by atoms with Gasteiger partial charge in [-0.05, 0) is 23.8 Å². The van der Waals surface area contributed by atoms with E-state index >= 15 is 0 Å². The third-order valence-electron chi connectivity index (χ3n) is 1.24. The smallest absolute Gasteiger partial charge is 0.299 e. The summed E-state index contributed by atoms with van der Waals surface area (Å²) in [4.78, 5) is 9.93. The molecule has 0 aromatic heterocycles. The van der Waals surface area contributed by atoms with E-state index in [9.17, 15) is 4.79 Å². The summed E-state index contributed by atoms with van der Waals surface area (Å²) in [6, 6.07) is 7.27. The summed E-state index contributed by atoms with van der Waals surface area (Å²) in [5.41, 5.74) is 0.974. The highest BCUT2D eigenvalue weighted by Crippen LogP contribution is 2.09. The van der Waals surface area contributed by atoms with E-state index in [0.717, 1.165) is 11.8 Å². The fourth-order valence-electron chi connectivity index (χ4n) is 0.724. The van der Waals surface area contributed by atoms with E-state index in [2.05, 4.69) is 0 Å². The second kappa shape index (κ2) is 3.94. The van der Waals surface area contributed by atoms with Gasteiger partial charge in [0.05, 0.1) is 0 Å². The first kappa shape index (κ1) is 8.02. The average molecular weight is 168 g/mol. The lowest BCUT2D eigenvalue weighted by Gasteiger charge is -1.90. The molecule has 11 heavy (non-hydrogen) atoms. The largest absolute Gasteiger partial charge is 1.00 e. The highest BCUT2D eigenvalue weighted by molar-refractivity contribution is 6.30. The topological polar surface area (TPSA) is 17.1 Å². The van der Waals surface area contributed by atoms with Crippen LogP contribution in [0, 0.1) is 0 Å². The Morgan fingerprint density at radius 3 is 2.45 bits per heavy atom. The van der Waals surface area contributed by atoms with Gasteiger partial charge in [0.2, 0.25) is 0 Å². The normalized spacial score (nSPS) is 10.3. The quantitative estimate of drug-likeness (QED) is 0.489. The predicted molar refractivity (Wildman–Crippen MR) is 47.7 cm³/mol. The molecule has 0 aliphatic heterocycles. The van der Waals surface area contributed by atoms with Gasteiger partial charge in [0, 0.05) is 5.02 Å². The molecule has 0 heterocycles. The van der Waals surface area contributed by atoms with Crippen LogP contribution in [0.1, 0.15) is 6.99 Å². The van der Waals surface area contributed by atoms with Gasteiger partial charge >= 0.3 is 1.43 Å². The van der Waals surface area contributed by atoms with E-state index in [0.29, 0.717) is 5.02 Å². The van der Waals surface area contributed by atoms with Crippen molar-refractivity contribution < 1.29 is 6.22 Å². The van der Waals surface area contributed by atoms with Crippen molar-refractivity contribution in [3.8, 4) is 0 Å². The predicted octanol–water partition coefficient (Wildman–Crippen LogP) is 2.66. The van der Waals surface area contributed by atoms with Crippen molar-refractivity contribution in [1.29, 1.82) is 0 Å². The van der Waals surface area contributed by atoms with Gasteiger partial charge in [-0.2, -0.15) is 0 Å². The number of halogens is 1. The lowest BCUT2D eigenvalue weighted by Crippen LogP contribution is -1.70. The number of carbonyl (C=O) groups is 1. The molecular formula is C9H8ClO+. The third kappa shape index (κ3) is 2.56. The van der Waals surface area contributed by atoms with Crippen LogP contribution < -0.4 is 0 Å². The SMILES string of the molecule is O=C/C=C/c1ccc(Cl)cc1.[H+]. The van der Waals surface area contributed by atoms with Gasteiger partial charge in [-0.3, -0.25) is 4.79 Å². The van der Waals surface area contributed by atoms with Crippen LogP contribution >= 0.6 is 11.6 Å². The number of benzene rings is 1. The number of allylic oxidation sites excluding steroid dienone is 1. The molecule has 0 bridgehead atoms. The van der Waals surface area contributed by atoms with E-state index in [1.807, 2.05) is 12.1 Å². The average Bonchev–Trinajstić information content (AvgIpc) is 2.04. The lowest BCUT2D eigenvalue weighted by atomic mass is 10.2. The molecule has 0 radical (unpaired) electrons. The van der Waals surface area contributed by atoms with Crippen molar-refractivity contribution >= 4 is 24.0 Å². The van der Waals surface area contributed by atoms with Crippen LogP contribution in [0.2, 0.25) is 5.02 Å². The van der Waals surface area contributed by atoms with Crippen LogP contribution in [0.3, 0.4) is 0 Å². The van der Waals surface area contributed by atoms with Gasteiger partial charge in [0.25, 0.3) is 0 Å². The van der Waals surface area contributed by atoms with Gasteiger partial charge < -0.3 is 0 Å². The highest BCUT2D eigenvalue weighted by atomic mass is 35.5. The van der Waals surface area contributed by atoms with Crippen molar-refractivity contribution in [3.05, 3.63) is 40.9 Å². The second-order valence-corrected chi connectivity index (χ2v) is 2.48. The van der Waals surface area contributed by atoms with Crippen LogP contribution in [-0.4, -0.2) is 6.29 Å². The Balaban J connectivity index is 0.00000121. The molecular weight excluding hydrogens is 160 g/mol. The van der Waals surface area contributed by atoms with Gasteiger partial charge in [0.15, 0.2) is 0 Å². The molecule has 0 fully saturated rings. The van der Waals surface area contributed by atoms with Gasteiger partial charge in [-0.15, -0.1) is 0 Å². The highest BCUT2D eigenvalue weighted by Gasteiger charge is 1.85. The molecule has 1 aromatic carbocycles. The van der Waals surface area contributed by atoms with Crippen LogP contribution in [0.25, 0.3) is 6.08 Å². The monoisotopic (exact) mass is 167 g/mol. The maximum absolute atomic E-state index is 9.93. The summed E-state index contributed by atoms with van der Waals surface area (Å²) in [6.07, 6.45) is 3.92. The van der Waals surface area contributed by atoms with E-state index in [1.165, 1.54) is 6.08 Å². The molecule has 0 aliphatic rings.